The first-order chi connectivity index (χ1) is 9.67. The van der Waals surface area contributed by atoms with Crippen LogP contribution in [0.1, 0.15) is 11.1 Å². The lowest BCUT2D eigenvalue weighted by atomic mass is 10.1. The number of hydrogen-bond acceptors (Lipinski definition) is 3. The van der Waals surface area contributed by atoms with E-state index < -0.39 is 0 Å². The lowest BCUT2D eigenvalue weighted by Crippen LogP contribution is -2.43. The molecule has 0 bridgehead atoms. The second-order valence-corrected chi connectivity index (χ2v) is 5.90. The molecule has 1 aliphatic heterocycles. The molecule has 2 heterocycles. The van der Waals surface area contributed by atoms with Crippen molar-refractivity contribution in [1.82, 2.24) is 14.4 Å². The molecule has 1 saturated heterocycles. The Labute approximate surface area is 120 Å². The Kier molecular flexibility index (Phi) is 3.78. The maximum Gasteiger partial charge on any atom is 0.0481 e. The largest absolute Gasteiger partial charge is 0.350 e. The molecule has 0 saturated carbocycles. The number of hydrogen-bond donors (Lipinski definition) is 1. The van der Waals surface area contributed by atoms with Gasteiger partial charge in [0.25, 0.3) is 0 Å². The smallest absolute Gasteiger partial charge is 0.0481 e. The fourth-order valence-electron chi connectivity index (χ4n) is 3.02. The minimum Gasteiger partial charge on any atom is -0.350 e. The lowest BCUT2D eigenvalue weighted by Gasteiger charge is -2.32. The number of fused-ring (bicyclic) bond motifs is 1. The normalized spacial score (nSPS) is 17.9. The van der Waals surface area contributed by atoms with E-state index in [1.54, 1.807) is 0 Å². The summed E-state index contributed by atoms with van der Waals surface area (Å²) in [6, 6.07) is 6.56. The van der Waals surface area contributed by atoms with Crippen molar-refractivity contribution < 1.29 is 0 Å². The predicted molar refractivity (Wildman–Crippen MR) is 83.6 cm³/mol. The van der Waals surface area contributed by atoms with Crippen LogP contribution in [0.3, 0.4) is 0 Å². The van der Waals surface area contributed by atoms with Crippen molar-refractivity contribution in [1.29, 1.82) is 0 Å². The monoisotopic (exact) mass is 272 g/mol. The standard InChI is InChI=1S/C16H24N4/c1-18-5-7-20(8-6-18)12-14-11-19(2)16-4-3-13(10-17)9-15(14)16/h3-4,9,11H,5-8,10,12,17H2,1-2H3. The van der Waals surface area contributed by atoms with Crippen LogP contribution in [0.4, 0.5) is 0 Å². The van der Waals surface area contributed by atoms with Crippen LogP contribution in [0.15, 0.2) is 24.4 Å². The van der Waals surface area contributed by atoms with Gasteiger partial charge in [0.1, 0.15) is 0 Å². The molecule has 1 fully saturated rings. The summed E-state index contributed by atoms with van der Waals surface area (Å²) < 4.78 is 2.22. The quantitative estimate of drug-likeness (QED) is 0.917. The van der Waals surface area contributed by atoms with Crippen molar-refractivity contribution in [3.05, 3.63) is 35.5 Å². The van der Waals surface area contributed by atoms with Crippen LogP contribution >= 0.6 is 0 Å². The second-order valence-electron chi connectivity index (χ2n) is 5.90. The maximum absolute atomic E-state index is 5.77. The fraction of sp³-hybridized carbons (Fsp3) is 0.500. The van der Waals surface area contributed by atoms with Gasteiger partial charge in [0.2, 0.25) is 0 Å². The van der Waals surface area contributed by atoms with Gasteiger partial charge >= 0.3 is 0 Å². The van der Waals surface area contributed by atoms with E-state index in [0.717, 1.165) is 19.6 Å². The Morgan fingerprint density at radius 2 is 1.85 bits per heavy atom. The van der Waals surface area contributed by atoms with Gasteiger partial charge in [0, 0.05) is 63.4 Å². The molecule has 4 heteroatoms. The topological polar surface area (TPSA) is 37.4 Å². The third-order valence-electron chi connectivity index (χ3n) is 4.36. The van der Waals surface area contributed by atoms with Gasteiger partial charge in [0.05, 0.1) is 0 Å². The molecule has 4 nitrogen and oxygen atoms in total. The molecular weight excluding hydrogens is 248 g/mol. The third-order valence-corrected chi connectivity index (χ3v) is 4.36. The number of nitrogens with two attached hydrogens (primary N) is 1. The summed E-state index contributed by atoms with van der Waals surface area (Å²) in [5.41, 5.74) is 9.70. The zero-order valence-electron chi connectivity index (χ0n) is 12.5. The third kappa shape index (κ3) is 2.59. The Bertz CT molecular complexity index is 594. The molecule has 0 amide bonds. The van der Waals surface area contributed by atoms with Crippen molar-refractivity contribution in [3.8, 4) is 0 Å². The zero-order chi connectivity index (χ0) is 14.1. The van der Waals surface area contributed by atoms with E-state index in [1.807, 2.05) is 0 Å². The van der Waals surface area contributed by atoms with Crippen molar-refractivity contribution in [3.63, 3.8) is 0 Å². The summed E-state index contributed by atoms with van der Waals surface area (Å²) in [6.07, 6.45) is 2.27. The Hall–Kier alpha value is -1.36. The summed E-state index contributed by atoms with van der Waals surface area (Å²) in [5.74, 6) is 0. The minimum absolute atomic E-state index is 0.610. The number of piperazine rings is 1. The minimum atomic E-state index is 0.610. The summed E-state index contributed by atoms with van der Waals surface area (Å²) in [5, 5.41) is 1.36. The van der Waals surface area contributed by atoms with Crippen molar-refractivity contribution in [2.45, 2.75) is 13.1 Å². The first-order valence-corrected chi connectivity index (χ1v) is 7.35. The lowest BCUT2D eigenvalue weighted by molar-refractivity contribution is 0.148. The molecule has 1 aromatic carbocycles. The van der Waals surface area contributed by atoms with E-state index in [2.05, 4.69) is 52.9 Å². The number of likely N-dealkylation sites (N-methyl/N-ethyl adjacent to an activating group) is 1. The number of nitrogens with zero attached hydrogens (tertiary/aromatic N) is 3. The molecule has 1 aromatic heterocycles. The van der Waals surface area contributed by atoms with Crippen molar-refractivity contribution in [2.75, 3.05) is 33.2 Å². The van der Waals surface area contributed by atoms with Gasteiger partial charge in [-0.1, -0.05) is 6.07 Å². The van der Waals surface area contributed by atoms with Crippen LogP contribution in [0.2, 0.25) is 0 Å². The molecule has 0 radical (unpaired) electrons. The Morgan fingerprint density at radius 3 is 2.55 bits per heavy atom. The molecule has 1 aliphatic rings. The highest BCUT2D eigenvalue weighted by Gasteiger charge is 2.16. The number of aromatic nitrogens is 1. The molecule has 2 N–H and O–H groups in total. The SMILES string of the molecule is CN1CCN(Cc2cn(C)c3ccc(CN)cc23)CC1. The Morgan fingerprint density at radius 1 is 1.10 bits per heavy atom. The van der Waals surface area contributed by atoms with Crippen LogP contribution in [-0.4, -0.2) is 47.6 Å². The van der Waals surface area contributed by atoms with Gasteiger partial charge in [-0.25, -0.2) is 0 Å². The molecule has 3 rings (SSSR count). The predicted octanol–water partition coefficient (Wildman–Crippen LogP) is 1.38. The zero-order valence-corrected chi connectivity index (χ0v) is 12.5. The maximum atomic E-state index is 5.77. The average molecular weight is 272 g/mol. The van der Waals surface area contributed by atoms with Gasteiger partial charge in [-0.3, -0.25) is 4.90 Å². The van der Waals surface area contributed by atoms with E-state index in [1.165, 1.54) is 35.1 Å². The highest BCUT2D eigenvalue weighted by molar-refractivity contribution is 5.84. The van der Waals surface area contributed by atoms with Gasteiger partial charge in [-0.05, 0) is 30.3 Å². The molecular formula is C16H24N4. The molecule has 20 heavy (non-hydrogen) atoms. The van der Waals surface area contributed by atoms with E-state index in [9.17, 15) is 0 Å². The van der Waals surface area contributed by atoms with E-state index in [4.69, 9.17) is 5.73 Å². The summed E-state index contributed by atoms with van der Waals surface area (Å²) >= 11 is 0. The van der Waals surface area contributed by atoms with E-state index >= 15 is 0 Å². The highest BCUT2D eigenvalue weighted by atomic mass is 15.2. The molecule has 0 atom stereocenters. The van der Waals surface area contributed by atoms with Gasteiger partial charge in [-0.2, -0.15) is 0 Å². The Balaban J connectivity index is 1.87. The highest BCUT2D eigenvalue weighted by Crippen LogP contribution is 2.23. The van der Waals surface area contributed by atoms with E-state index in [-0.39, 0.29) is 0 Å². The number of rotatable bonds is 3. The first kappa shape index (κ1) is 13.6. The van der Waals surface area contributed by atoms with Crippen molar-refractivity contribution in [2.24, 2.45) is 12.8 Å². The molecule has 0 unspecified atom stereocenters. The summed E-state index contributed by atoms with van der Waals surface area (Å²) in [6.45, 7) is 6.29. The van der Waals surface area contributed by atoms with E-state index in [0.29, 0.717) is 6.54 Å². The van der Waals surface area contributed by atoms with Gasteiger partial charge < -0.3 is 15.2 Å². The van der Waals surface area contributed by atoms with Crippen LogP contribution < -0.4 is 5.73 Å². The first-order valence-electron chi connectivity index (χ1n) is 7.35. The van der Waals surface area contributed by atoms with Crippen LogP contribution in [0.25, 0.3) is 10.9 Å². The summed E-state index contributed by atoms with van der Waals surface area (Å²) in [4.78, 5) is 4.94. The molecule has 108 valence electrons. The number of benzene rings is 1. The summed E-state index contributed by atoms with van der Waals surface area (Å²) in [7, 11) is 4.32. The molecule has 0 aliphatic carbocycles. The average Bonchev–Trinajstić information content (AvgIpc) is 2.77. The van der Waals surface area contributed by atoms with Crippen LogP contribution in [0, 0.1) is 0 Å². The molecule has 2 aromatic rings. The second kappa shape index (κ2) is 5.56. The van der Waals surface area contributed by atoms with Gasteiger partial charge in [0.15, 0.2) is 0 Å². The fourth-order valence-corrected chi connectivity index (χ4v) is 3.02. The van der Waals surface area contributed by atoms with Crippen molar-refractivity contribution >= 4 is 10.9 Å². The van der Waals surface area contributed by atoms with Gasteiger partial charge in [-0.15, -0.1) is 0 Å². The molecule has 0 spiro atoms. The van der Waals surface area contributed by atoms with Crippen LogP contribution in [0.5, 0.6) is 0 Å². The van der Waals surface area contributed by atoms with Crippen LogP contribution in [-0.2, 0) is 20.1 Å². The number of aryl methyl sites for hydroxylation is 1.